The zero-order chi connectivity index (χ0) is 14.6. The molecule has 0 aliphatic heterocycles. The molecule has 0 saturated heterocycles. The quantitative estimate of drug-likeness (QED) is 0.843. The maximum atomic E-state index is 12.1. The third-order valence-electron chi connectivity index (χ3n) is 2.26. The Kier molecular flexibility index (Phi) is 3.80. The van der Waals surface area contributed by atoms with Gasteiger partial charge in [-0.15, -0.1) is 13.2 Å². The van der Waals surface area contributed by atoms with E-state index in [4.69, 9.17) is 10.00 Å². The van der Waals surface area contributed by atoms with E-state index < -0.39 is 6.36 Å². The van der Waals surface area contributed by atoms with Crippen LogP contribution in [-0.2, 0) is 0 Å². The van der Waals surface area contributed by atoms with E-state index in [1.54, 1.807) is 24.3 Å². The summed E-state index contributed by atoms with van der Waals surface area (Å²) in [4.78, 5) is 0. The summed E-state index contributed by atoms with van der Waals surface area (Å²) >= 11 is 0. The highest BCUT2D eigenvalue weighted by Gasteiger charge is 2.31. The molecule has 0 bridgehead atoms. The van der Waals surface area contributed by atoms with Gasteiger partial charge in [0.15, 0.2) is 0 Å². The lowest BCUT2D eigenvalue weighted by atomic mass is 10.2. The maximum absolute atomic E-state index is 12.1. The van der Waals surface area contributed by atoms with E-state index >= 15 is 0 Å². The molecule has 6 heteroatoms. The van der Waals surface area contributed by atoms with Gasteiger partial charge in [-0.2, -0.15) is 5.26 Å². The molecule has 2 aromatic carbocycles. The van der Waals surface area contributed by atoms with Gasteiger partial charge >= 0.3 is 6.36 Å². The lowest BCUT2D eigenvalue weighted by Crippen LogP contribution is -2.16. The van der Waals surface area contributed by atoms with Gasteiger partial charge < -0.3 is 9.47 Å². The SMILES string of the molecule is N#Cc1ccc(Oc2cccc(OC(F)(F)F)c2)cc1. The topological polar surface area (TPSA) is 42.2 Å². The third-order valence-corrected chi connectivity index (χ3v) is 2.26. The Labute approximate surface area is 112 Å². The second kappa shape index (κ2) is 5.53. The first-order valence-corrected chi connectivity index (χ1v) is 5.50. The normalized spacial score (nSPS) is 10.7. The fourth-order valence-electron chi connectivity index (χ4n) is 1.47. The van der Waals surface area contributed by atoms with Crippen molar-refractivity contribution in [2.24, 2.45) is 0 Å². The molecule has 2 rings (SSSR count). The van der Waals surface area contributed by atoms with Crippen molar-refractivity contribution in [3.05, 3.63) is 54.1 Å². The second-order valence-electron chi connectivity index (χ2n) is 3.76. The van der Waals surface area contributed by atoms with E-state index in [0.29, 0.717) is 11.3 Å². The summed E-state index contributed by atoms with van der Waals surface area (Å²) in [5.74, 6) is 0.258. The molecule has 0 saturated carbocycles. The van der Waals surface area contributed by atoms with Crippen LogP contribution in [0.4, 0.5) is 13.2 Å². The number of ether oxygens (including phenoxy) is 2. The van der Waals surface area contributed by atoms with Gasteiger partial charge in [0.1, 0.15) is 17.2 Å². The predicted molar refractivity (Wildman–Crippen MR) is 64.4 cm³/mol. The Morgan fingerprint density at radius 3 is 2.15 bits per heavy atom. The standard InChI is InChI=1S/C14H8F3NO2/c15-14(16,17)20-13-3-1-2-12(8-13)19-11-6-4-10(9-18)5-7-11/h1-8H. The molecular weight excluding hydrogens is 271 g/mol. The van der Waals surface area contributed by atoms with Crippen LogP contribution in [0, 0.1) is 11.3 Å². The number of hydrogen-bond donors (Lipinski definition) is 0. The molecule has 102 valence electrons. The number of halogens is 3. The van der Waals surface area contributed by atoms with Crippen LogP contribution in [0.15, 0.2) is 48.5 Å². The van der Waals surface area contributed by atoms with Crippen LogP contribution in [0.25, 0.3) is 0 Å². The van der Waals surface area contributed by atoms with E-state index in [2.05, 4.69) is 4.74 Å². The summed E-state index contributed by atoms with van der Waals surface area (Å²) in [6.45, 7) is 0. The lowest BCUT2D eigenvalue weighted by Gasteiger charge is -2.10. The summed E-state index contributed by atoms with van der Waals surface area (Å²) in [6, 6.07) is 13.3. The fourth-order valence-corrected chi connectivity index (χ4v) is 1.47. The molecule has 0 heterocycles. The molecule has 0 radical (unpaired) electrons. The molecule has 20 heavy (non-hydrogen) atoms. The first-order valence-electron chi connectivity index (χ1n) is 5.50. The van der Waals surface area contributed by atoms with Crippen molar-refractivity contribution < 1.29 is 22.6 Å². The Hall–Kier alpha value is -2.68. The molecule has 0 unspecified atom stereocenters. The average molecular weight is 279 g/mol. The summed E-state index contributed by atoms with van der Waals surface area (Å²) in [6.07, 6.45) is -4.74. The number of benzene rings is 2. The molecular formula is C14H8F3NO2. The molecule has 3 nitrogen and oxygen atoms in total. The zero-order valence-corrected chi connectivity index (χ0v) is 10.0. The van der Waals surface area contributed by atoms with E-state index in [1.165, 1.54) is 18.2 Å². The van der Waals surface area contributed by atoms with E-state index in [1.807, 2.05) is 6.07 Å². The summed E-state index contributed by atoms with van der Waals surface area (Å²) < 4.78 is 45.4. The van der Waals surface area contributed by atoms with E-state index in [9.17, 15) is 13.2 Å². The number of hydrogen-bond acceptors (Lipinski definition) is 3. The van der Waals surface area contributed by atoms with Crippen molar-refractivity contribution in [1.29, 1.82) is 5.26 Å². The highest BCUT2D eigenvalue weighted by atomic mass is 19.4. The van der Waals surface area contributed by atoms with Gasteiger partial charge in [-0.05, 0) is 36.4 Å². The zero-order valence-electron chi connectivity index (χ0n) is 10.0. The Bertz CT molecular complexity index is 630. The molecule has 0 aromatic heterocycles. The molecule has 2 aromatic rings. The Balaban J connectivity index is 2.13. The minimum absolute atomic E-state index is 0.205. The summed E-state index contributed by atoms with van der Waals surface area (Å²) in [5.41, 5.74) is 0.464. The molecule has 0 N–H and O–H groups in total. The molecule has 0 aliphatic carbocycles. The molecule has 0 spiro atoms. The highest BCUT2D eigenvalue weighted by Crippen LogP contribution is 2.28. The van der Waals surface area contributed by atoms with Gasteiger partial charge in [0, 0.05) is 6.07 Å². The summed E-state index contributed by atoms with van der Waals surface area (Å²) in [5, 5.41) is 8.65. The van der Waals surface area contributed by atoms with Crippen molar-refractivity contribution in [2.75, 3.05) is 0 Å². The van der Waals surface area contributed by atoms with E-state index in [-0.39, 0.29) is 11.5 Å². The van der Waals surface area contributed by atoms with Gasteiger partial charge in [0.25, 0.3) is 0 Å². The largest absolute Gasteiger partial charge is 0.573 e. The summed E-state index contributed by atoms with van der Waals surface area (Å²) in [7, 11) is 0. The van der Waals surface area contributed by atoms with Crippen LogP contribution < -0.4 is 9.47 Å². The van der Waals surface area contributed by atoms with Crippen molar-refractivity contribution in [1.82, 2.24) is 0 Å². The number of nitrogens with zero attached hydrogens (tertiary/aromatic N) is 1. The van der Waals surface area contributed by atoms with Crippen LogP contribution >= 0.6 is 0 Å². The van der Waals surface area contributed by atoms with Crippen LogP contribution in [0.5, 0.6) is 17.2 Å². The van der Waals surface area contributed by atoms with Gasteiger partial charge in [-0.3, -0.25) is 0 Å². The van der Waals surface area contributed by atoms with Crippen LogP contribution in [0.1, 0.15) is 5.56 Å². The Morgan fingerprint density at radius 2 is 1.55 bits per heavy atom. The minimum atomic E-state index is -4.74. The lowest BCUT2D eigenvalue weighted by molar-refractivity contribution is -0.274. The second-order valence-corrected chi connectivity index (χ2v) is 3.76. The maximum Gasteiger partial charge on any atom is 0.573 e. The smallest absolute Gasteiger partial charge is 0.457 e. The Morgan fingerprint density at radius 1 is 0.900 bits per heavy atom. The third kappa shape index (κ3) is 3.92. The van der Waals surface area contributed by atoms with Gasteiger partial charge in [-0.25, -0.2) is 0 Å². The van der Waals surface area contributed by atoms with Gasteiger partial charge in [0.2, 0.25) is 0 Å². The van der Waals surface area contributed by atoms with Crippen molar-refractivity contribution in [3.8, 4) is 23.3 Å². The van der Waals surface area contributed by atoms with Crippen LogP contribution in [-0.4, -0.2) is 6.36 Å². The highest BCUT2D eigenvalue weighted by molar-refractivity contribution is 5.39. The monoisotopic (exact) mass is 279 g/mol. The molecule has 0 amide bonds. The first kappa shape index (κ1) is 13.7. The van der Waals surface area contributed by atoms with Crippen LogP contribution in [0.2, 0.25) is 0 Å². The van der Waals surface area contributed by atoms with Crippen LogP contribution in [0.3, 0.4) is 0 Å². The number of alkyl halides is 3. The van der Waals surface area contributed by atoms with Crippen molar-refractivity contribution >= 4 is 0 Å². The predicted octanol–water partition coefficient (Wildman–Crippen LogP) is 4.25. The fraction of sp³-hybridized carbons (Fsp3) is 0.0714. The van der Waals surface area contributed by atoms with Gasteiger partial charge in [0.05, 0.1) is 11.6 Å². The molecule has 0 fully saturated rings. The van der Waals surface area contributed by atoms with Crippen molar-refractivity contribution in [3.63, 3.8) is 0 Å². The van der Waals surface area contributed by atoms with E-state index in [0.717, 1.165) is 6.07 Å². The minimum Gasteiger partial charge on any atom is -0.457 e. The van der Waals surface area contributed by atoms with Crippen molar-refractivity contribution in [2.45, 2.75) is 6.36 Å². The average Bonchev–Trinajstić information content (AvgIpc) is 2.38. The number of nitriles is 1. The van der Waals surface area contributed by atoms with Gasteiger partial charge in [-0.1, -0.05) is 6.07 Å². The molecule has 0 atom stereocenters. The molecule has 0 aliphatic rings. The first-order chi connectivity index (χ1) is 9.46. The number of rotatable bonds is 3.